The van der Waals surface area contributed by atoms with Crippen molar-refractivity contribution in [1.82, 2.24) is 10.2 Å². The van der Waals surface area contributed by atoms with Crippen molar-refractivity contribution in [3.8, 4) is 0 Å². The minimum absolute atomic E-state index is 0.515. The Labute approximate surface area is 106 Å². The van der Waals surface area contributed by atoms with Gasteiger partial charge in [0.15, 0.2) is 5.82 Å². The number of anilines is 1. The molecular weight excluding hydrogens is 226 g/mol. The van der Waals surface area contributed by atoms with Crippen LogP contribution < -0.4 is 5.73 Å². The lowest BCUT2D eigenvalue weighted by Gasteiger charge is -2.21. The second-order valence-corrected chi connectivity index (χ2v) is 4.84. The standard InChI is InChI=1S/C14H17N3O/c15-14-12-4-2-1-3-11(12)13(16-17-14)9-10-5-7-18-8-6-10/h1-4,10H,5-9H2,(H2,15,17). The summed E-state index contributed by atoms with van der Waals surface area (Å²) in [6.45, 7) is 1.73. The van der Waals surface area contributed by atoms with Crippen LogP contribution in [0, 0.1) is 5.92 Å². The van der Waals surface area contributed by atoms with Crippen LogP contribution in [0.25, 0.3) is 10.8 Å². The second kappa shape index (κ2) is 4.90. The molecular formula is C14H17N3O. The fourth-order valence-electron chi connectivity index (χ4n) is 2.55. The molecule has 0 bridgehead atoms. The molecule has 4 nitrogen and oxygen atoms in total. The van der Waals surface area contributed by atoms with Gasteiger partial charge < -0.3 is 10.5 Å². The van der Waals surface area contributed by atoms with Crippen molar-refractivity contribution in [2.24, 2.45) is 5.92 Å². The quantitative estimate of drug-likeness (QED) is 0.878. The third-order valence-electron chi connectivity index (χ3n) is 3.62. The molecule has 1 aliphatic heterocycles. The first kappa shape index (κ1) is 11.4. The first-order chi connectivity index (χ1) is 8.84. The van der Waals surface area contributed by atoms with Crippen LogP contribution in [0.1, 0.15) is 18.5 Å². The predicted molar refractivity (Wildman–Crippen MR) is 71.2 cm³/mol. The Kier molecular flexibility index (Phi) is 3.11. The van der Waals surface area contributed by atoms with Gasteiger partial charge in [0.1, 0.15) is 0 Å². The summed E-state index contributed by atoms with van der Waals surface area (Å²) in [5.41, 5.74) is 6.93. The number of ether oxygens (including phenoxy) is 1. The van der Waals surface area contributed by atoms with Crippen molar-refractivity contribution in [2.75, 3.05) is 18.9 Å². The molecule has 0 unspecified atom stereocenters. The van der Waals surface area contributed by atoms with E-state index in [9.17, 15) is 0 Å². The van der Waals surface area contributed by atoms with Crippen molar-refractivity contribution < 1.29 is 4.74 Å². The van der Waals surface area contributed by atoms with Gasteiger partial charge in [-0.2, -0.15) is 5.10 Å². The minimum Gasteiger partial charge on any atom is -0.382 e. The van der Waals surface area contributed by atoms with E-state index < -0.39 is 0 Å². The maximum absolute atomic E-state index is 5.86. The Bertz CT molecular complexity index is 550. The van der Waals surface area contributed by atoms with Crippen molar-refractivity contribution in [3.05, 3.63) is 30.0 Å². The maximum Gasteiger partial charge on any atom is 0.153 e. The van der Waals surface area contributed by atoms with Crippen LogP contribution in [0.2, 0.25) is 0 Å². The third-order valence-corrected chi connectivity index (χ3v) is 3.62. The highest BCUT2D eigenvalue weighted by Crippen LogP contribution is 2.25. The van der Waals surface area contributed by atoms with Crippen molar-refractivity contribution in [2.45, 2.75) is 19.3 Å². The fraction of sp³-hybridized carbons (Fsp3) is 0.429. The number of benzene rings is 1. The molecule has 1 aromatic heterocycles. The van der Waals surface area contributed by atoms with E-state index in [-0.39, 0.29) is 0 Å². The summed E-state index contributed by atoms with van der Waals surface area (Å²) in [6, 6.07) is 8.09. The zero-order chi connectivity index (χ0) is 12.4. The van der Waals surface area contributed by atoms with Crippen LogP contribution in [0.3, 0.4) is 0 Å². The summed E-state index contributed by atoms with van der Waals surface area (Å²) in [5, 5.41) is 10.5. The number of nitrogen functional groups attached to an aromatic ring is 1. The van der Waals surface area contributed by atoms with E-state index >= 15 is 0 Å². The van der Waals surface area contributed by atoms with Gasteiger partial charge in [0, 0.05) is 24.0 Å². The number of hydrogen-bond donors (Lipinski definition) is 1. The van der Waals surface area contributed by atoms with Crippen molar-refractivity contribution in [1.29, 1.82) is 0 Å². The summed E-state index contributed by atoms with van der Waals surface area (Å²) in [7, 11) is 0. The molecule has 0 amide bonds. The first-order valence-electron chi connectivity index (χ1n) is 6.42. The second-order valence-electron chi connectivity index (χ2n) is 4.84. The molecule has 0 spiro atoms. The molecule has 94 valence electrons. The van der Waals surface area contributed by atoms with E-state index in [1.807, 2.05) is 18.2 Å². The Morgan fingerprint density at radius 3 is 2.61 bits per heavy atom. The monoisotopic (exact) mass is 243 g/mol. The molecule has 18 heavy (non-hydrogen) atoms. The molecule has 2 N–H and O–H groups in total. The number of nitrogens with zero attached hydrogens (tertiary/aromatic N) is 2. The van der Waals surface area contributed by atoms with E-state index in [1.165, 1.54) is 0 Å². The van der Waals surface area contributed by atoms with Gasteiger partial charge in [0.25, 0.3) is 0 Å². The highest BCUT2D eigenvalue weighted by molar-refractivity contribution is 5.92. The summed E-state index contributed by atoms with van der Waals surface area (Å²) in [5.74, 6) is 1.17. The molecule has 0 radical (unpaired) electrons. The normalized spacial score (nSPS) is 17.1. The topological polar surface area (TPSA) is 61.0 Å². The van der Waals surface area contributed by atoms with Crippen molar-refractivity contribution in [3.63, 3.8) is 0 Å². The van der Waals surface area contributed by atoms with Crippen LogP contribution in [0.5, 0.6) is 0 Å². The molecule has 4 heteroatoms. The van der Waals surface area contributed by atoms with Gasteiger partial charge >= 0.3 is 0 Å². The fourth-order valence-corrected chi connectivity index (χ4v) is 2.55. The van der Waals surface area contributed by atoms with Gasteiger partial charge in [-0.05, 0) is 25.2 Å². The Hall–Kier alpha value is -1.68. The van der Waals surface area contributed by atoms with E-state index in [2.05, 4.69) is 16.3 Å². The Morgan fingerprint density at radius 1 is 1.11 bits per heavy atom. The smallest absolute Gasteiger partial charge is 0.153 e. The van der Waals surface area contributed by atoms with E-state index in [1.54, 1.807) is 0 Å². The molecule has 1 aliphatic rings. The summed E-state index contributed by atoms with van der Waals surface area (Å²) >= 11 is 0. The zero-order valence-corrected chi connectivity index (χ0v) is 10.3. The number of hydrogen-bond acceptors (Lipinski definition) is 4. The predicted octanol–water partition coefficient (Wildman–Crippen LogP) is 2.18. The molecule has 1 fully saturated rings. The molecule has 2 aromatic rings. The minimum atomic E-state index is 0.515. The number of nitrogens with two attached hydrogens (primary N) is 1. The molecule has 1 aromatic carbocycles. The van der Waals surface area contributed by atoms with Gasteiger partial charge in [-0.3, -0.25) is 0 Å². The molecule has 3 rings (SSSR count). The third kappa shape index (κ3) is 2.16. The van der Waals surface area contributed by atoms with E-state index in [0.29, 0.717) is 11.7 Å². The number of fused-ring (bicyclic) bond motifs is 1. The van der Waals surface area contributed by atoms with Gasteiger partial charge in [0.2, 0.25) is 0 Å². The lowest BCUT2D eigenvalue weighted by atomic mass is 9.93. The summed E-state index contributed by atoms with van der Waals surface area (Å²) in [6.07, 6.45) is 3.19. The van der Waals surface area contributed by atoms with Crippen LogP contribution in [-0.2, 0) is 11.2 Å². The van der Waals surface area contributed by atoms with Crippen LogP contribution >= 0.6 is 0 Å². The summed E-state index contributed by atoms with van der Waals surface area (Å²) in [4.78, 5) is 0. The number of aromatic nitrogens is 2. The lowest BCUT2D eigenvalue weighted by Crippen LogP contribution is -2.18. The average molecular weight is 243 g/mol. The molecule has 0 atom stereocenters. The largest absolute Gasteiger partial charge is 0.382 e. The van der Waals surface area contributed by atoms with Gasteiger partial charge in [-0.1, -0.05) is 24.3 Å². The molecule has 0 aliphatic carbocycles. The SMILES string of the molecule is Nc1nnc(CC2CCOCC2)c2ccccc12. The first-order valence-corrected chi connectivity index (χ1v) is 6.42. The van der Waals surface area contributed by atoms with E-state index in [4.69, 9.17) is 10.5 Å². The van der Waals surface area contributed by atoms with Crippen LogP contribution in [-0.4, -0.2) is 23.4 Å². The van der Waals surface area contributed by atoms with Gasteiger partial charge in [-0.25, -0.2) is 0 Å². The lowest BCUT2D eigenvalue weighted by molar-refractivity contribution is 0.0663. The molecule has 2 heterocycles. The summed E-state index contributed by atoms with van der Waals surface area (Å²) < 4.78 is 5.39. The molecule has 1 saturated heterocycles. The van der Waals surface area contributed by atoms with E-state index in [0.717, 1.165) is 48.9 Å². The molecule has 0 saturated carbocycles. The van der Waals surface area contributed by atoms with Crippen molar-refractivity contribution >= 4 is 16.6 Å². The van der Waals surface area contributed by atoms with Crippen LogP contribution in [0.15, 0.2) is 24.3 Å². The van der Waals surface area contributed by atoms with Gasteiger partial charge in [0.05, 0.1) is 5.69 Å². The number of rotatable bonds is 2. The van der Waals surface area contributed by atoms with Crippen LogP contribution in [0.4, 0.5) is 5.82 Å². The Morgan fingerprint density at radius 2 is 1.83 bits per heavy atom. The zero-order valence-electron chi connectivity index (χ0n) is 10.3. The highest BCUT2D eigenvalue weighted by Gasteiger charge is 2.17. The Balaban J connectivity index is 1.94. The maximum atomic E-state index is 5.86. The average Bonchev–Trinajstić information content (AvgIpc) is 2.44. The van der Waals surface area contributed by atoms with Gasteiger partial charge in [-0.15, -0.1) is 5.10 Å². The highest BCUT2D eigenvalue weighted by atomic mass is 16.5.